The molecule has 0 unspecified atom stereocenters. The minimum absolute atomic E-state index is 0.106. The van der Waals surface area contributed by atoms with E-state index in [0.717, 1.165) is 24.4 Å². The summed E-state index contributed by atoms with van der Waals surface area (Å²) in [6.45, 7) is 7.74. The molecule has 0 atom stereocenters. The zero-order valence-electron chi connectivity index (χ0n) is 14.1. The Morgan fingerprint density at radius 1 is 1.22 bits per heavy atom. The zero-order chi connectivity index (χ0) is 17.0. The van der Waals surface area contributed by atoms with Crippen LogP contribution in [0.15, 0.2) is 41.1 Å². The standard InChI is InChI=1S/C18H23N3O2/c1-5-21(6-2)13-7-8-15(17(22)10-13)20-16-9-12(3)14(19)11-18(16)23-4/h7-11H,5-6,19H2,1-4H3. The van der Waals surface area contributed by atoms with Gasteiger partial charge in [0.15, 0.2) is 0 Å². The molecule has 0 saturated carbocycles. The minimum atomic E-state index is -0.106. The van der Waals surface area contributed by atoms with Gasteiger partial charge < -0.3 is 15.4 Å². The van der Waals surface area contributed by atoms with Crippen molar-refractivity contribution in [1.82, 2.24) is 4.90 Å². The third kappa shape index (κ3) is 3.62. The Balaban J connectivity index is 2.35. The highest BCUT2D eigenvalue weighted by Crippen LogP contribution is 2.32. The zero-order valence-corrected chi connectivity index (χ0v) is 14.1. The van der Waals surface area contributed by atoms with Crippen LogP contribution in [-0.4, -0.2) is 36.6 Å². The number of aryl methyl sites for hydroxylation is 1. The molecule has 0 bridgehead atoms. The van der Waals surface area contributed by atoms with Crippen LogP contribution in [0, 0.1) is 6.92 Å². The first-order chi connectivity index (χ1) is 11.0. The average molecular weight is 313 g/mol. The fourth-order valence-corrected chi connectivity index (χ4v) is 2.45. The van der Waals surface area contributed by atoms with Gasteiger partial charge in [-0.25, -0.2) is 4.99 Å². The van der Waals surface area contributed by atoms with Gasteiger partial charge in [0.2, 0.25) is 5.78 Å². The van der Waals surface area contributed by atoms with E-state index < -0.39 is 0 Å². The Bertz CT molecular complexity index is 698. The average Bonchev–Trinajstić information content (AvgIpc) is 2.54. The number of anilines is 1. The predicted molar refractivity (Wildman–Crippen MR) is 94.4 cm³/mol. The normalized spacial score (nSPS) is 15.7. The number of hydrogen-bond acceptors (Lipinski definition) is 5. The number of aliphatic imine (C=N–C) groups is 1. The number of allylic oxidation sites excluding steroid dienone is 3. The molecule has 0 radical (unpaired) electrons. The molecule has 0 aromatic heterocycles. The molecule has 5 heteroatoms. The van der Waals surface area contributed by atoms with Crippen molar-refractivity contribution in [3.05, 3.63) is 41.6 Å². The number of ether oxygens (including phenoxy) is 1. The van der Waals surface area contributed by atoms with Gasteiger partial charge in [-0.2, -0.15) is 0 Å². The molecule has 0 aliphatic heterocycles. The number of likely N-dealkylation sites (N-methyl/N-ethyl adjacent to an activating group) is 1. The number of carbonyl (C=O) groups is 1. The van der Waals surface area contributed by atoms with E-state index in [9.17, 15) is 4.79 Å². The van der Waals surface area contributed by atoms with Crippen LogP contribution in [0.3, 0.4) is 0 Å². The molecule has 0 heterocycles. The number of nitrogens with two attached hydrogens (primary N) is 1. The number of rotatable bonds is 5. The number of carbonyl (C=O) groups excluding carboxylic acids is 1. The molecule has 0 saturated heterocycles. The molecule has 0 fully saturated rings. The summed E-state index contributed by atoms with van der Waals surface area (Å²) in [7, 11) is 1.56. The van der Waals surface area contributed by atoms with Gasteiger partial charge in [0.25, 0.3) is 0 Å². The van der Waals surface area contributed by atoms with Crippen LogP contribution in [-0.2, 0) is 4.79 Å². The Morgan fingerprint density at radius 3 is 2.48 bits per heavy atom. The van der Waals surface area contributed by atoms with Gasteiger partial charge in [0.05, 0.1) is 7.11 Å². The summed E-state index contributed by atoms with van der Waals surface area (Å²) in [4.78, 5) is 18.9. The fourth-order valence-electron chi connectivity index (χ4n) is 2.45. The van der Waals surface area contributed by atoms with E-state index in [1.54, 1.807) is 25.3 Å². The molecule has 5 nitrogen and oxygen atoms in total. The van der Waals surface area contributed by atoms with Gasteiger partial charge in [0.1, 0.15) is 17.1 Å². The molecule has 1 aromatic carbocycles. The van der Waals surface area contributed by atoms with Crippen molar-refractivity contribution in [3.8, 4) is 5.75 Å². The molecule has 1 aromatic rings. The lowest BCUT2D eigenvalue weighted by Crippen LogP contribution is -2.25. The monoisotopic (exact) mass is 313 g/mol. The SMILES string of the molecule is CCN(CC)C1=CC(=O)C(=Nc2cc(C)c(N)cc2OC)C=C1. The first kappa shape index (κ1) is 16.8. The van der Waals surface area contributed by atoms with E-state index in [1.807, 2.05) is 19.1 Å². The topological polar surface area (TPSA) is 67.9 Å². The van der Waals surface area contributed by atoms with Gasteiger partial charge in [-0.1, -0.05) is 0 Å². The van der Waals surface area contributed by atoms with E-state index in [-0.39, 0.29) is 5.78 Å². The van der Waals surface area contributed by atoms with Gasteiger partial charge in [-0.15, -0.1) is 0 Å². The molecule has 23 heavy (non-hydrogen) atoms. The number of hydrogen-bond donors (Lipinski definition) is 1. The van der Waals surface area contributed by atoms with E-state index in [4.69, 9.17) is 10.5 Å². The van der Waals surface area contributed by atoms with Gasteiger partial charge in [0, 0.05) is 36.6 Å². The second-order valence-corrected chi connectivity index (χ2v) is 5.32. The number of nitrogen functional groups attached to an aromatic ring is 1. The summed E-state index contributed by atoms with van der Waals surface area (Å²) in [6, 6.07) is 3.55. The molecule has 0 spiro atoms. The summed E-state index contributed by atoms with van der Waals surface area (Å²) in [5, 5.41) is 0. The highest BCUT2D eigenvalue weighted by atomic mass is 16.5. The van der Waals surface area contributed by atoms with Gasteiger partial charge in [-0.05, 0) is 44.6 Å². The van der Waals surface area contributed by atoms with E-state index in [2.05, 4.69) is 23.7 Å². The largest absolute Gasteiger partial charge is 0.494 e. The van der Waals surface area contributed by atoms with E-state index >= 15 is 0 Å². The third-order valence-corrected chi connectivity index (χ3v) is 3.88. The highest BCUT2D eigenvalue weighted by Gasteiger charge is 2.16. The van der Waals surface area contributed by atoms with Crippen LogP contribution < -0.4 is 10.5 Å². The van der Waals surface area contributed by atoms with Crippen molar-refractivity contribution in [2.45, 2.75) is 20.8 Å². The van der Waals surface area contributed by atoms with Gasteiger partial charge in [-0.3, -0.25) is 4.79 Å². The van der Waals surface area contributed by atoms with Crippen molar-refractivity contribution in [2.75, 3.05) is 25.9 Å². The number of benzene rings is 1. The van der Waals surface area contributed by atoms with Crippen molar-refractivity contribution in [1.29, 1.82) is 0 Å². The molecule has 0 amide bonds. The smallest absolute Gasteiger partial charge is 0.206 e. The van der Waals surface area contributed by atoms with Gasteiger partial charge >= 0.3 is 0 Å². The maximum Gasteiger partial charge on any atom is 0.206 e. The summed E-state index contributed by atoms with van der Waals surface area (Å²) in [6.07, 6.45) is 5.30. The first-order valence-corrected chi connectivity index (χ1v) is 7.72. The second-order valence-electron chi connectivity index (χ2n) is 5.32. The lowest BCUT2D eigenvalue weighted by Gasteiger charge is -2.23. The van der Waals surface area contributed by atoms with E-state index in [0.29, 0.717) is 22.8 Å². The summed E-state index contributed by atoms with van der Waals surface area (Å²) in [5.74, 6) is 0.450. The van der Waals surface area contributed by atoms with Crippen LogP contribution in [0.5, 0.6) is 5.75 Å². The van der Waals surface area contributed by atoms with E-state index in [1.165, 1.54) is 0 Å². The lowest BCUT2D eigenvalue weighted by atomic mass is 10.1. The van der Waals surface area contributed by atoms with Crippen molar-refractivity contribution in [2.24, 2.45) is 4.99 Å². The molecular weight excluding hydrogens is 290 g/mol. The Morgan fingerprint density at radius 2 is 1.91 bits per heavy atom. The fraction of sp³-hybridized carbons (Fsp3) is 0.333. The summed E-state index contributed by atoms with van der Waals surface area (Å²) in [5.41, 5.74) is 9.33. The molecule has 122 valence electrons. The molecule has 2 N–H and O–H groups in total. The Hall–Kier alpha value is -2.56. The quantitative estimate of drug-likeness (QED) is 0.670. The number of nitrogens with zero attached hydrogens (tertiary/aromatic N) is 2. The van der Waals surface area contributed by atoms with Crippen molar-refractivity contribution < 1.29 is 9.53 Å². The number of methoxy groups -OCH3 is 1. The third-order valence-electron chi connectivity index (χ3n) is 3.88. The lowest BCUT2D eigenvalue weighted by molar-refractivity contribution is -0.108. The van der Waals surface area contributed by atoms with Crippen molar-refractivity contribution in [3.63, 3.8) is 0 Å². The minimum Gasteiger partial charge on any atom is -0.494 e. The number of ketones is 1. The maximum absolute atomic E-state index is 12.3. The van der Waals surface area contributed by atoms with Crippen LogP contribution in [0.2, 0.25) is 0 Å². The summed E-state index contributed by atoms with van der Waals surface area (Å²) < 4.78 is 5.31. The molecule has 1 aliphatic carbocycles. The Kier molecular flexibility index (Phi) is 5.21. The highest BCUT2D eigenvalue weighted by molar-refractivity contribution is 6.49. The van der Waals surface area contributed by atoms with Crippen LogP contribution in [0.4, 0.5) is 11.4 Å². The molecule has 2 rings (SSSR count). The molecular formula is C18H23N3O2. The van der Waals surface area contributed by atoms with Crippen molar-refractivity contribution >= 4 is 22.9 Å². The van der Waals surface area contributed by atoms with Crippen LogP contribution in [0.1, 0.15) is 19.4 Å². The maximum atomic E-state index is 12.3. The second kappa shape index (κ2) is 7.13. The Labute approximate surface area is 137 Å². The van der Waals surface area contributed by atoms with Crippen LogP contribution >= 0.6 is 0 Å². The first-order valence-electron chi connectivity index (χ1n) is 7.72. The predicted octanol–water partition coefficient (Wildman–Crippen LogP) is 3.02. The molecule has 1 aliphatic rings. The summed E-state index contributed by atoms with van der Waals surface area (Å²) >= 11 is 0. The van der Waals surface area contributed by atoms with Crippen LogP contribution in [0.25, 0.3) is 0 Å².